The van der Waals surface area contributed by atoms with E-state index in [1.807, 2.05) is 0 Å². The Kier molecular flexibility index (Phi) is 4.19. The standard InChI is InChI=1S/C13H27NO/c1-6-13(4,5)15-10-12(2,3)9-14-11-7-8-11/h11,14H,6-10H2,1-5H3. The maximum absolute atomic E-state index is 5.96. The summed E-state index contributed by atoms with van der Waals surface area (Å²) in [7, 11) is 0. The molecule has 1 aliphatic rings. The van der Waals surface area contributed by atoms with E-state index in [0.717, 1.165) is 25.6 Å². The Hall–Kier alpha value is -0.0800. The average molecular weight is 213 g/mol. The summed E-state index contributed by atoms with van der Waals surface area (Å²) in [6.07, 6.45) is 3.79. The summed E-state index contributed by atoms with van der Waals surface area (Å²) in [6.45, 7) is 13.0. The van der Waals surface area contributed by atoms with E-state index in [0.29, 0.717) is 0 Å². The number of hydrogen-bond acceptors (Lipinski definition) is 2. The highest BCUT2D eigenvalue weighted by atomic mass is 16.5. The molecule has 0 amide bonds. The van der Waals surface area contributed by atoms with Crippen LogP contribution in [0.15, 0.2) is 0 Å². The minimum atomic E-state index is 0.0247. The quantitative estimate of drug-likeness (QED) is 0.702. The Bertz CT molecular complexity index is 195. The monoisotopic (exact) mass is 213 g/mol. The second-order valence-electron chi connectivity index (χ2n) is 6.22. The molecular weight excluding hydrogens is 186 g/mol. The number of rotatable bonds is 7. The lowest BCUT2D eigenvalue weighted by Gasteiger charge is -2.31. The summed E-state index contributed by atoms with van der Waals surface area (Å²) in [5, 5.41) is 3.57. The van der Waals surface area contributed by atoms with Crippen LogP contribution in [0, 0.1) is 5.41 Å². The van der Waals surface area contributed by atoms with Crippen LogP contribution in [-0.2, 0) is 4.74 Å². The molecule has 0 aromatic rings. The summed E-state index contributed by atoms with van der Waals surface area (Å²) in [5.74, 6) is 0. The van der Waals surface area contributed by atoms with Gasteiger partial charge in [0, 0.05) is 18.0 Å². The van der Waals surface area contributed by atoms with E-state index >= 15 is 0 Å². The van der Waals surface area contributed by atoms with Gasteiger partial charge in [0.15, 0.2) is 0 Å². The molecule has 0 aromatic carbocycles. The van der Waals surface area contributed by atoms with E-state index in [1.165, 1.54) is 12.8 Å². The van der Waals surface area contributed by atoms with Crippen LogP contribution in [-0.4, -0.2) is 24.8 Å². The average Bonchev–Trinajstić information content (AvgIpc) is 2.96. The maximum atomic E-state index is 5.96. The molecule has 0 bridgehead atoms. The van der Waals surface area contributed by atoms with Crippen molar-refractivity contribution in [1.82, 2.24) is 5.32 Å². The minimum absolute atomic E-state index is 0.0247. The van der Waals surface area contributed by atoms with Gasteiger partial charge >= 0.3 is 0 Å². The fraction of sp³-hybridized carbons (Fsp3) is 1.00. The Labute approximate surface area is 94.8 Å². The maximum Gasteiger partial charge on any atom is 0.0624 e. The smallest absolute Gasteiger partial charge is 0.0624 e. The number of nitrogens with one attached hydrogen (secondary N) is 1. The highest BCUT2D eigenvalue weighted by Crippen LogP contribution is 2.24. The van der Waals surface area contributed by atoms with Gasteiger partial charge in [-0.2, -0.15) is 0 Å². The molecule has 0 aromatic heterocycles. The summed E-state index contributed by atoms with van der Waals surface area (Å²) < 4.78 is 5.96. The summed E-state index contributed by atoms with van der Waals surface area (Å²) in [5.41, 5.74) is 0.270. The molecule has 1 N–H and O–H groups in total. The van der Waals surface area contributed by atoms with Crippen LogP contribution in [0.2, 0.25) is 0 Å². The molecule has 0 saturated heterocycles. The van der Waals surface area contributed by atoms with Crippen molar-refractivity contribution in [3.05, 3.63) is 0 Å². The van der Waals surface area contributed by atoms with Crippen LogP contribution in [0.5, 0.6) is 0 Å². The van der Waals surface area contributed by atoms with Gasteiger partial charge in [-0.15, -0.1) is 0 Å². The molecule has 0 atom stereocenters. The van der Waals surface area contributed by atoms with Crippen LogP contribution in [0.3, 0.4) is 0 Å². The van der Waals surface area contributed by atoms with E-state index in [9.17, 15) is 0 Å². The third-order valence-electron chi connectivity index (χ3n) is 3.15. The van der Waals surface area contributed by atoms with E-state index < -0.39 is 0 Å². The highest BCUT2D eigenvalue weighted by molar-refractivity contribution is 4.84. The molecule has 0 spiro atoms. The Morgan fingerprint density at radius 2 is 1.80 bits per heavy atom. The van der Waals surface area contributed by atoms with Crippen LogP contribution in [0.4, 0.5) is 0 Å². The Morgan fingerprint density at radius 1 is 1.20 bits per heavy atom. The van der Waals surface area contributed by atoms with Crippen molar-refractivity contribution in [2.45, 2.75) is 65.5 Å². The second-order valence-corrected chi connectivity index (χ2v) is 6.22. The fourth-order valence-corrected chi connectivity index (χ4v) is 1.25. The van der Waals surface area contributed by atoms with Crippen LogP contribution in [0.25, 0.3) is 0 Å². The Balaban J connectivity index is 2.21. The van der Waals surface area contributed by atoms with Gasteiger partial charge in [0.05, 0.1) is 12.2 Å². The van der Waals surface area contributed by atoms with Gasteiger partial charge in [-0.1, -0.05) is 20.8 Å². The molecule has 1 fully saturated rings. The molecule has 0 heterocycles. The minimum Gasteiger partial charge on any atom is -0.375 e. The van der Waals surface area contributed by atoms with Crippen molar-refractivity contribution in [1.29, 1.82) is 0 Å². The first-order valence-electron chi connectivity index (χ1n) is 6.22. The van der Waals surface area contributed by atoms with Crippen LogP contribution >= 0.6 is 0 Å². The predicted molar refractivity (Wildman–Crippen MR) is 65.1 cm³/mol. The van der Waals surface area contributed by atoms with Gasteiger partial charge in [-0.3, -0.25) is 0 Å². The van der Waals surface area contributed by atoms with Crippen molar-refractivity contribution in [2.75, 3.05) is 13.2 Å². The number of ether oxygens (including phenoxy) is 1. The van der Waals surface area contributed by atoms with Gasteiger partial charge in [0.2, 0.25) is 0 Å². The van der Waals surface area contributed by atoms with Gasteiger partial charge in [-0.25, -0.2) is 0 Å². The molecule has 0 unspecified atom stereocenters. The normalized spacial score (nSPS) is 18.2. The number of hydrogen-bond donors (Lipinski definition) is 1. The second kappa shape index (κ2) is 4.84. The van der Waals surface area contributed by atoms with E-state index in [2.05, 4.69) is 39.9 Å². The molecule has 90 valence electrons. The summed E-state index contributed by atoms with van der Waals surface area (Å²) in [6, 6.07) is 0.795. The summed E-state index contributed by atoms with van der Waals surface area (Å²) >= 11 is 0. The molecule has 1 aliphatic carbocycles. The molecule has 2 heteroatoms. The van der Waals surface area contributed by atoms with E-state index in [4.69, 9.17) is 4.74 Å². The zero-order valence-electron chi connectivity index (χ0n) is 11.0. The third-order valence-corrected chi connectivity index (χ3v) is 3.15. The zero-order chi connectivity index (χ0) is 11.5. The molecule has 0 radical (unpaired) electrons. The molecule has 1 saturated carbocycles. The topological polar surface area (TPSA) is 21.3 Å². The third kappa shape index (κ3) is 5.53. The zero-order valence-corrected chi connectivity index (χ0v) is 11.0. The highest BCUT2D eigenvalue weighted by Gasteiger charge is 2.27. The predicted octanol–water partition coefficient (Wildman–Crippen LogP) is 2.97. The van der Waals surface area contributed by atoms with Gasteiger partial charge in [0.25, 0.3) is 0 Å². The lowest BCUT2D eigenvalue weighted by molar-refractivity contribution is -0.0560. The molecular formula is C13H27NO. The van der Waals surface area contributed by atoms with Crippen molar-refractivity contribution >= 4 is 0 Å². The molecule has 0 aliphatic heterocycles. The summed E-state index contributed by atoms with van der Waals surface area (Å²) in [4.78, 5) is 0. The van der Waals surface area contributed by atoms with Gasteiger partial charge in [-0.05, 0) is 33.1 Å². The first-order chi connectivity index (χ1) is 6.85. The van der Waals surface area contributed by atoms with E-state index in [1.54, 1.807) is 0 Å². The molecule has 1 rings (SSSR count). The first-order valence-corrected chi connectivity index (χ1v) is 6.22. The van der Waals surface area contributed by atoms with E-state index in [-0.39, 0.29) is 11.0 Å². The van der Waals surface area contributed by atoms with Gasteiger partial charge < -0.3 is 10.1 Å². The van der Waals surface area contributed by atoms with Crippen molar-refractivity contribution < 1.29 is 4.74 Å². The fourth-order valence-electron chi connectivity index (χ4n) is 1.25. The molecule has 15 heavy (non-hydrogen) atoms. The van der Waals surface area contributed by atoms with Crippen molar-refractivity contribution in [2.24, 2.45) is 5.41 Å². The largest absolute Gasteiger partial charge is 0.375 e. The Morgan fingerprint density at radius 3 is 2.27 bits per heavy atom. The van der Waals surface area contributed by atoms with Crippen molar-refractivity contribution in [3.8, 4) is 0 Å². The molecule has 2 nitrogen and oxygen atoms in total. The van der Waals surface area contributed by atoms with Crippen LogP contribution < -0.4 is 5.32 Å². The van der Waals surface area contributed by atoms with Crippen LogP contribution in [0.1, 0.15) is 53.9 Å². The van der Waals surface area contributed by atoms with Gasteiger partial charge in [0.1, 0.15) is 0 Å². The van der Waals surface area contributed by atoms with Crippen molar-refractivity contribution in [3.63, 3.8) is 0 Å². The lowest BCUT2D eigenvalue weighted by Crippen LogP contribution is -2.37. The SMILES string of the molecule is CCC(C)(C)OCC(C)(C)CNC1CC1. The first kappa shape index (κ1) is 13.0. The lowest BCUT2D eigenvalue weighted by atomic mass is 9.94.